The number of nitrogens with two attached hydrogens (primary N) is 1. The van der Waals surface area contributed by atoms with E-state index in [4.69, 9.17) is 5.73 Å². The molecule has 0 bridgehead atoms. The zero-order valence-electron chi connectivity index (χ0n) is 22.9. The van der Waals surface area contributed by atoms with Crippen LogP contribution in [0.5, 0.6) is 0 Å². The molecule has 2 amide bonds. The summed E-state index contributed by atoms with van der Waals surface area (Å²) in [5, 5.41) is 14.7. The lowest BCUT2D eigenvalue weighted by molar-refractivity contribution is 0.0751. The number of nitrogens with one attached hydrogen (secondary N) is 1. The molecule has 0 heterocycles. The van der Waals surface area contributed by atoms with Crippen LogP contribution in [0.25, 0.3) is 0 Å². The summed E-state index contributed by atoms with van der Waals surface area (Å²) in [6.45, 7) is 5.88. The number of aliphatic hydroxyl groups excluding tert-OH is 1. The molecule has 0 aliphatic heterocycles. The Morgan fingerprint density at radius 2 is 1.56 bits per heavy atom. The lowest BCUT2D eigenvalue weighted by Crippen LogP contribution is -2.38. The third-order valence-corrected chi connectivity index (χ3v) is 6.89. The van der Waals surface area contributed by atoms with Gasteiger partial charge in [-0.2, -0.15) is 0 Å². The molecule has 0 saturated heterocycles. The number of rotatable bonds is 15. The SMILES string of the molecule is CCCN(CCC)C(=O)c1cccc(C(N)=O)c1[C@H](Cc1ccccc1)[C@@H](O)CNCCc1ccccc1F. The van der Waals surface area contributed by atoms with Crippen LogP contribution < -0.4 is 11.1 Å². The highest BCUT2D eigenvalue weighted by Crippen LogP contribution is 2.32. The van der Waals surface area contributed by atoms with Crippen LogP contribution in [0.2, 0.25) is 0 Å². The van der Waals surface area contributed by atoms with E-state index in [2.05, 4.69) is 5.32 Å². The van der Waals surface area contributed by atoms with Crippen molar-refractivity contribution in [2.24, 2.45) is 5.73 Å². The Morgan fingerprint density at radius 3 is 2.21 bits per heavy atom. The predicted octanol–water partition coefficient (Wildman–Crippen LogP) is 4.71. The average Bonchev–Trinajstić information content (AvgIpc) is 2.94. The highest BCUT2D eigenvalue weighted by Gasteiger charge is 2.31. The van der Waals surface area contributed by atoms with Crippen molar-refractivity contribution < 1.29 is 19.1 Å². The molecule has 0 saturated carbocycles. The minimum atomic E-state index is -0.941. The van der Waals surface area contributed by atoms with E-state index in [0.29, 0.717) is 49.2 Å². The van der Waals surface area contributed by atoms with Gasteiger partial charge in [-0.1, -0.05) is 68.4 Å². The first-order chi connectivity index (χ1) is 18.9. The maximum absolute atomic E-state index is 14.0. The summed E-state index contributed by atoms with van der Waals surface area (Å²) in [6.07, 6.45) is 1.54. The number of primary amides is 1. The number of benzene rings is 3. The van der Waals surface area contributed by atoms with Crippen LogP contribution in [-0.4, -0.2) is 54.1 Å². The Kier molecular flexibility index (Phi) is 11.6. The van der Waals surface area contributed by atoms with Crippen LogP contribution in [0.3, 0.4) is 0 Å². The maximum atomic E-state index is 14.0. The molecule has 3 rings (SSSR count). The smallest absolute Gasteiger partial charge is 0.254 e. The number of aliphatic hydroxyl groups is 1. The fourth-order valence-electron chi connectivity index (χ4n) is 5.01. The zero-order valence-corrected chi connectivity index (χ0v) is 22.9. The Labute approximate surface area is 231 Å². The number of amides is 2. The first-order valence-corrected chi connectivity index (χ1v) is 13.7. The van der Waals surface area contributed by atoms with Crippen molar-refractivity contribution in [2.75, 3.05) is 26.2 Å². The topological polar surface area (TPSA) is 95.7 Å². The molecule has 0 aliphatic carbocycles. The number of carbonyl (C=O) groups is 2. The number of carbonyl (C=O) groups excluding carboxylic acids is 2. The van der Waals surface area contributed by atoms with Crippen molar-refractivity contribution in [3.05, 3.63) is 106 Å². The minimum absolute atomic E-state index is 0.172. The molecule has 7 heteroatoms. The van der Waals surface area contributed by atoms with Gasteiger partial charge in [0.15, 0.2) is 0 Å². The monoisotopic (exact) mass is 533 g/mol. The highest BCUT2D eigenvalue weighted by molar-refractivity contribution is 6.02. The molecule has 39 heavy (non-hydrogen) atoms. The molecule has 0 fully saturated rings. The van der Waals surface area contributed by atoms with E-state index in [0.717, 1.165) is 18.4 Å². The van der Waals surface area contributed by atoms with E-state index in [1.54, 1.807) is 41.3 Å². The molecule has 0 radical (unpaired) electrons. The number of hydrogen-bond acceptors (Lipinski definition) is 4. The summed E-state index contributed by atoms with van der Waals surface area (Å²) in [7, 11) is 0. The number of hydrogen-bond donors (Lipinski definition) is 3. The molecule has 0 unspecified atom stereocenters. The second-order valence-electron chi connectivity index (χ2n) is 9.83. The molecular weight excluding hydrogens is 493 g/mol. The molecule has 6 nitrogen and oxygen atoms in total. The molecule has 208 valence electrons. The quantitative estimate of drug-likeness (QED) is 0.247. The van der Waals surface area contributed by atoms with E-state index in [1.807, 2.05) is 44.2 Å². The minimum Gasteiger partial charge on any atom is -0.391 e. The van der Waals surface area contributed by atoms with Crippen LogP contribution in [0, 0.1) is 5.82 Å². The molecule has 2 atom stereocenters. The summed E-state index contributed by atoms with van der Waals surface area (Å²) in [5.41, 5.74) is 8.47. The Bertz CT molecular complexity index is 1210. The van der Waals surface area contributed by atoms with E-state index in [9.17, 15) is 19.1 Å². The van der Waals surface area contributed by atoms with E-state index >= 15 is 0 Å². The van der Waals surface area contributed by atoms with Crippen molar-refractivity contribution in [1.82, 2.24) is 10.2 Å². The van der Waals surface area contributed by atoms with Gasteiger partial charge >= 0.3 is 0 Å². The van der Waals surface area contributed by atoms with Crippen molar-refractivity contribution in [1.29, 1.82) is 0 Å². The van der Waals surface area contributed by atoms with Gasteiger partial charge in [0, 0.05) is 36.7 Å². The standard InChI is InChI=1S/C32H40FN3O3/c1-3-19-36(20-4-2)32(39)26-15-10-14-25(31(34)38)30(26)27(21-23-11-6-5-7-12-23)29(37)22-35-18-17-24-13-8-9-16-28(24)33/h5-16,27,29,35,37H,3-4,17-22H2,1-2H3,(H2,34,38)/t27-,29+/m1/s1. The van der Waals surface area contributed by atoms with Gasteiger partial charge in [0.05, 0.1) is 6.10 Å². The average molecular weight is 534 g/mol. The van der Waals surface area contributed by atoms with E-state index in [1.165, 1.54) is 6.07 Å². The van der Waals surface area contributed by atoms with E-state index in [-0.39, 0.29) is 23.8 Å². The highest BCUT2D eigenvalue weighted by atomic mass is 19.1. The van der Waals surface area contributed by atoms with Gasteiger partial charge in [-0.05, 0) is 67.1 Å². The number of halogens is 1. The fraction of sp³-hybridized carbons (Fsp3) is 0.375. The normalized spacial score (nSPS) is 12.6. The fourth-order valence-corrected chi connectivity index (χ4v) is 5.01. The van der Waals surface area contributed by atoms with E-state index < -0.39 is 17.9 Å². The Morgan fingerprint density at radius 1 is 0.923 bits per heavy atom. The van der Waals surface area contributed by atoms with Crippen LogP contribution in [0.15, 0.2) is 72.8 Å². The third-order valence-electron chi connectivity index (χ3n) is 6.89. The van der Waals surface area contributed by atoms with Crippen molar-refractivity contribution in [3.63, 3.8) is 0 Å². The van der Waals surface area contributed by atoms with Gasteiger partial charge in [0.2, 0.25) is 5.91 Å². The third kappa shape index (κ3) is 8.22. The van der Waals surface area contributed by atoms with Crippen LogP contribution in [0.1, 0.15) is 70.0 Å². The zero-order chi connectivity index (χ0) is 28.2. The Balaban J connectivity index is 1.95. The second kappa shape index (κ2) is 15.1. The van der Waals surface area contributed by atoms with Crippen LogP contribution >= 0.6 is 0 Å². The van der Waals surface area contributed by atoms with Gasteiger partial charge < -0.3 is 21.1 Å². The largest absolute Gasteiger partial charge is 0.391 e. The van der Waals surface area contributed by atoms with Crippen molar-refractivity contribution in [3.8, 4) is 0 Å². The second-order valence-corrected chi connectivity index (χ2v) is 9.83. The summed E-state index contributed by atoms with van der Waals surface area (Å²) in [6, 6.07) is 21.3. The molecule has 3 aromatic carbocycles. The van der Waals surface area contributed by atoms with Gasteiger partial charge in [-0.15, -0.1) is 0 Å². The maximum Gasteiger partial charge on any atom is 0.254 e. The predicted molar refractivity (Wildman–Crippen MR) is 153 cm³/mol. The van der Waals surface area contributed by atoms with Crippen LogP contribution in [-0.2, 0) is 12.8 Å². The van der Waals surface area contributed by atoms with Gasteiger partial charge in [-0.25, -0.2) is 4.39 Å². The van der Waals surface area contributed by atoms with Crippen molar-refractivity contribution >= 4 is 11.8 Å². The summed E-state index contributed by atoms with van der Waals surface area (Å²) >= 11 is 0. The summed E-state index contributed by atoms with van der Waals surface area (Å²) < 4.78 is 14.0. The Hall–Kier alpha value is -3.55. The molecule has 0 spiro atoms. The van der Waals surface area contributed by atoms with Gasteiger partial charge in [0.25, 0.3) is 5.91 Å². The molecule has 3 aromatic rings. The van der Waals surface area contributed by atoms with Crippen LogP contribution in [0.4, 0.5) is 4.39 Å². The van der Waals surface area contributed by atoms with Gasteiger partial charge in [0.1, 0.15) is 5.82 Å². The molecule has 0 aliphatic rings. The van der Waals surface area contributed by atoms with Crippen molar-refractivity contribution in [2.45, 2.75) is 51.6 Å². The molecule has 0 aromatic heterocycles. The summed E-state index contributed by atoms with van der Waals surface area (Å²) in [4.78, 5) is 28.2. The lowest BCUT2D eigenvalue weighted by atomic mass is 9.81. The molecule has 4 N–H and O–H groups in total. The first-order valence-electron chi connectivity index (χ1n) is 13.7. The van der Waals surface area contributed by atoms with Gasteiger partial charge in [-0.3, -0.25) is 9.59 Å². The molecular formula is C32H40FN3O3. The summed E-state index contributed by atoms with van der Waals surface area (Å²) in [5.74, 6) is -1.66. The lowest BCUT2D eigenvalue weighted by Gasteiger charge is -2.29. The first kappa shape index (κ1) is 30.0. The number of nitrogens with zero attached hydrogens (tertiary/aromatic N) is 1.